The minimum absolute atomic E-state index is 0.180. The Morgan fingerprint density at radius 3 is 2.88 bits per heavy atom. The molecule has 0 radical (unpaired) electrons. The molecule has 3 heterocycles. The van der Waals surface area contributed by atoms with Crippen molar-refractivity contribution in [3.63, 3.8) is 0 Å². The number of fused-ring (bicyclic) bond motifs is 2. The van der Waals surface area contributed by atoms with Gasteiger partial charge in [0.2, 0.25) is 0 Å². The summed E-state index contributed by atoms with van der Waals surface area (Å²) in [6.07, 6.45) is 2.85. The number of phenolic OH excluding ortho intramolecular Hbond substituents is 1. The molecule has 1 unspecified atom stereocenters. The molecule has 0 saturated carbocycles. The monoisotopic (exact) mass is 338 g/mol. The lowest BCUT2D eigenvalue weighted by Gasteiger charge is -2.35. The number of hydrogen-bond donors (Lipinski definition) is 1. The van der Waals surface area contributed by atoms with Gasteiger partial charge in [0, 0.05) is 55.1 Å². The summed E-state index contributed by atoms with van der Waals surface area (Å²) in [5.41, 5.74) is 3.19. The molecule has 4 rings (SSSR count). The number of aromatic hydroxyl groups is 1. The summed E-state index contributed by atoms with van der Waals surface area (Å²) in [6, 6.07) is 9.61. The van der Waals surface area contributed by atoms with Gasteiger partial charge < -0.3 is 14.1 Å². The molecule has 5 nitrogen and oxygen atoms in total. The first-order chi connectivity index (χ1) is 12.1. The third-order valence-electron chi connectivity index (χ3n) is 5.25. The van der Waals surface area contributed by atoms with Crippen LogP contribution in [-0.2, 0) is 19.5 Å². The molecule has 0 fully saturated rings. The highest BCUT2D eigenvalue weighted by Crippen LogP contribution is 2.31. The van der Waals surface area contributed by atoms with Crippen LogP contribution >= 0.6 is 0 Å². The lowest BCUT2D eigenvalue weighted by Crippen LogP contribution is -2.36. The summed E-state index contributed by atoms with van der Waals surface area (Å²) in [6.45, 7) is 6.77. The van der Waals surface area contributed by atoms with Crippen LogP contribution in [0.3, 0.4) is 0 Å². The molecule has 3 aromatic rings. The van der Waals surface area contributed by atoms with Crippen LogP contribution in [0, 0.1) is 0 Å². The van der Waals surface area contributed by atoms with E-state index in [2.05, 4.69) is 34.7 Å². The van der Waals surface area contributed by atoms with E-state index in [0.29, 0.717) is 12.1 Å². The second kappa shape index (κ2) is 6.08. The predicted octanol–water partition coefficient (Wildman–Crippen LogP) is 3.44. The van der Waals surface area contributed by atoms with Gasteiger partial charge in [-0.25, -0.2) is 4.79 Å². The molecule has 1 aromatic carbocycles. The van der Waals surface area contributed by atoms with Crippen LogP contribution in [0.4, 0.5) is 0 Å². The number of aromatic nitrogens is 1. The maximum Gasteiger partial charge on any atom is 0.336 e. The van der Waals surface area contributed by atoms with Crippen LogP contribution in [0.2, 0.25) is 0 Å². The molecule has 25 heavy (non-hydrogen) atoms. The van der Waals surface area contributed by atoms with E-state index in [4.69, 9.17) is 4.42 Å². The molecule has 1 N–H and O–H groups in total. The lowest BCUT2D eigenvalue weighted by molar-refractivity contribution is 0.161. The molecule has 2 aromatic heterocycles. The van der Waals surface area contributed by atoms with Gasteiger partial charge in [-0.3, -0.25) is 4.90 Å². The van der Waals surface area contributed by atoms with E-state index in [9.17, 15) is 9.90 Å². The minimum Gasteiger partial charge on any atom is -0.508 e. The Morgan fingerprint density at radius 2 is 2.08 bits per heavy atom. The zero-order chi connectivity index (χ0) is 17.6. The first-order valence-electron chi connectivity index (χ1n) is 8.74. The van der Waals surface area contributed by atoms with Crippen molar-refractivity contribution in [2.24, 2.45) is 0 Å². The molecule has 0 saturated heterocycles. The largest absolute Gasteiger partial charge is 0.508 e. The Kier molecular flexibility index (Phi) is 3.88. The van der Waals surface area contributed by atoms with E-state index in [1.807, 2.05) is 13.0 Å². The van der Waals surface area contributed by atoms with E-state index >= 15 is 0 Å². The number of rotatable bonds is 3. The van der Waals surface area contributed by atoms with Crippen molar-refractivity contribution in [1.82, 2.24) is 9.47 Å². The molecule has 0 spiro atoms. The first kappa shape index (κ1) is 16.0. The van der Waals surface area contributed by atoms with Crippen molar-refractivity contribution < 1.29 is 9.52 Å². The van der Waals surface area contributed by atoms with Gasteiger partial charge in [-0.05, 0) is 42.7 Å². The van der Waals surface area contributed by atoms with E-state index in [0.717, 1.165) is 36.0 Å². The molecule has 1 atom stereocenters. The van der Waals surface area contributed by atoms with Crippen LogP contribution in [-0.4, -0.2) is 21.1 Å². The van der Waals surface area contributed by atoms with Crippen LogP contribution in [0.15, 0.2) is 45.7 Å². The fourth-order valence-electron chi connectivity index (χ4n) is 3.78. The van der Waals surface area contributed by atoms with E-state index in [1.54, 1.807) is 12.1 Å². The highest BCUT2D eigenvalue weighted by Gasteiger charge is 2.24. The summed E-state index contributed by atoms with van der Waals surface area (Å²) in [5.74, 6) is 0.180. The fraction of sp³-hybridized carbons (Fsp3) is 0.350. The standard InChI is InChI=1S/C20H22N2O3/c1-3-14-9-16-15(10-20(24)25-19(16)11-18(14)23)12-22-8-7-21-6-4-5-17(21)13(22)2/h4-6,9-11,13,23H,3,7-8,12H2,1-2H3. The van der Waals surface area contributed by atoms with E-state index < -0.39 is 0 Å². The summed E-state index contributed by atoms with van der Waals surface area (Å²) >= 11 is 0. The van der Waals surface area contributed by atoms with Crippen LogP contribution in [0.5, 0.6) is 5.75 Å². The van der Waals surface area contributed by atoms with E-state index in [1.165, 1.54) is 5.69 Å². The van der Waals surface area contributed by atoms with Crippen LogP contribution in [0.25, 0.3) is 11.0 Å². The summed E-state index contributed by atoms with van der Waals surface area (Å²) in [5, 5.41) is 11.0. The maximum absolute atomic E-state index is 12.0. The Morgan fingerprint density at radius 1 is 1.24 bits per heavy atom. The van der Waals surface area contributed by atoms with Crippen molar-refractivity contribution in [2.75, 3.05) is 6.54 Å². The molecule has 130 valence electrons. The van der Waals surface area contributed by atoms with E-state index in [-0.39, 0.29) is 17.4 Å². The molecular weight excluding hydrogens is 316 g/mol. The summed E-state index contributed by atoms with van der Waals surface area (Å²) < 4.78 is 7.59. The third-order valence-corrected chi connectivity index (χ3v) is 5.25. The highest BCUT2D eigenvalue weighted by molar-refractivity contribution is 5.82. The summed E-state index contributed by atoms with van der Waals surface area (Å²) in [7, 11) is 0. The SMILES string of the molecule is CCc1cc2c(CN3CCn4cccc4C3C)cc(=O)oc2cc1O. The molecule has 0 aliphatic carbocycles. The van der Waals surface area contributed by atoms with Crippen molar-refractivity contribution in [3.8, 4) is 5.75 Å². The lowest BCUT2D eigenvalue weighted by atomic mass is 10.0. The van der Waals surface area contributed by atoms with Gasteiger partial charge in [0.25, 0.3) is 0 Å². The second-order valence-electron chi connectivity index (χ2n) is 6.69. The molecular formula is C20H22N2O3. The molecule has 1 aliphatic heterocycles. The average molecular weight is 338 g/mol. The van der Waals surface area contributed by atoms with Gasteiger partial charge in [-0.15, -0.1) is 0 Å². The second-order valence-corrected chi connectivity index (χ2v) is 6.69. The Labute approximate surface area is 146 Å². The normalized spacial score (nSPS) is 17.8. The van der Waals surface area contributed by atoms with Crippen molar-refractivity contribution >= 4 is 11.0 Å². The number of benzene rings is 1. The Hall–Kier alpha value is -2.53. The maximum atomic E-state index is 12.0. The third kappa shape index (κ3) is 2.74. The number of nitrogens with zero attached hydrogens (tertiary/aromatic N) is 2. The minimum atomic E-state index is -0.376. The summed E-state index contributed by atoms with van der Waals surface area (Å²) in [4.78, 5) is 14.4. The van der Waals surface area contributed by atoms with Crippen LogP contribution < -0.4 is 5.63 Å². The average Bonchev–Trinajstić information content (AvgIpc) is 3.06. The number of aryl methyl sites for hydroxylation is 1. The van der Waals surface area contributed by atoms with Gasteiger partial charge in [0.15, 0.2) is 0 Å². The smallest absolute Gasteiger partial charge is 0.336 e. The quantitative estimate of drug-likeness (QED) is 0.743. The van der Waals surface area contributed by atoms with Gasteiger partial charge in [0.1, 0.15) is 11.3 Å². The van der Waals surface area contributed by atoms with Gasteiger partial charge >= 0.3 is 5.63 Å². The topological polar surface area (TPSA) is 58.6 Å². The highest BCUT2D eigenvalue weighted by atomic mass is 16.4. The Balaban J connectivity index is 1.75. The molecule has 1 aliphatic rings. The molecule has 5 heteroatoms. The zero-order valence-corrected chi connectivity index (χ0v) is 14.5. The fourth-order valence-corrected chi connectivity index (χ4v) is 3.78. The van der Waals surface area contributed by atoms with Crippen molar-refractivity contribution in [3.05, 3.63) is 63.8 Å². The van der Waals surface area contributed by atoms with Gasteiger partial charge in [0.05, 0.1) is 0 Å². The number of hydrogen-bond acceptors (Lipinski definition) is 4. The van der Waals surface area contributed by atoms with Crippen LogP contribution in [0.1, 0.15) is 36.7 Å². The van der Waals surface area contributed by atoms with Gasteiger partial charge in [-0.2, -0.15) is 0 Å². The molecule has 0 amide bonds. The first-order valence-corrected chi connectivity index (χ1v) is 8.74. The van der Waals surface area contributed by atoms with Gasteiger partial charge in [-0.1, -0.05) is 6.92 Å². The zero-order valence-electron chi connectivity index (χ0n) is 14.5. The van der Waals surface area contributed by atoms with Crippen molar-refractivity contribution in [1.29, 1.82) is 0 Å². The molecule has 0 bridgehead atoms. The predicted molar refractivity (Wildman–Crippen MR) is 96.8 cm³/mol. The number of phenols is 1. The Bertz CT molecular complexity index is 986. The van der Waals surface area contributed by atoms with Crippen molar-refractivity contribution in [2.45, 2.75) is 39.4 Å².